The number of anilines is 2. The zero-order chi connectivity index (χ0) is 13.8. The molecule has 1 aromatic heterocycles. The first-order valence-electron chi connectivity index (χ1n) is 5.89. The van der Waals surface area contributed by atoms with Crippen molar-refractivity contribution in [3.05, 3.63) is 33.6 Å². The van der Waals surface area contributed by atoms with E-state index in [-0.39, 0.29) is 6.04 Å². The van der Waals surface area contributed by atoms with Gasteiger partial charge in [0.2, 0.25) is 5.89 Å². The third kappa shape index (κ3) is 3.68. The molecule has 5 nitrogen and oxygen atoms in total. The molecule has 2 aromatic rings. The number of hydrogen-bond donors (Lipinski definition) is 2. The largest absolute Gasteiger partial charge is 0.406 e. The van der Waals surface area contributed by atoms with Gasteiger partial charge in [-0.3, -0.25) is 0 Å². The van der Waals surface area contributed by atoms with Crippen molar-refractivity contribution in [2.75, 3.05) is 11.9 Å². The first-order chi connectivity index (χ1) is 9.10. The average Bonchev–Trinajstić information content (AvgIpc) is 2.83. The zero-order valence-corrected chi connectivity index (χ0v) is 12.9. The minimum Gasteiger partial charge on any atom is -0.406 e. The van der Waals surface area contributed by atoms with Crippen LogP contribution in [-0.2, 0) is 0 Å². The van der Waals surface area contributed by atoms with Crippen LogP contribution in [0.15, 0.2) is 27.1 Å². The maximum atomic E-state index is 5.94. The Morgan fingerprint density at radius 1 is 1.42 bits per heavy atom. The molecule has 0 radical (unpaired) electrons. The number of nitrogens with one attached hydrogen (secondary N) is 2. The van der Waals surface area contributed by atoms with Gasteiger partial charge in [0.05, 0.1) is 11.7 Å². The fourth-order valence-electron chi connectivity index (χ4n) is 1.56. The molecule has 0 aliphatic carbocycles. The van der Waals surface area contributed by atoms with Crippen molar-refractivity contribution in [2.45, 2.75) is 19.9 Å². The number of rotatable bonds is 5. The summed E-state index contributed by atoms with van der Waals surface area (Å²) < 4.78 is 6.41. The summed E-state index contributed by atoms with van der Waals surface area (Å²) in [6.07, 6.45) is 0. The molecule has 0 aliphatic heterocycles. The number of benzene rings is 1. The van der Waals surface area contributed by atoms with Crippen LogP contribution < -0.4 is 10.6 Å². The third-order valence-corrected chi connectivity index (χ3v) is 3.42. The Labute approximate surface area is 124 Å². The molecule has 102 valence electrons. The lowest BCUT2D eigenvalue weighted by atomic mass is 10.3. The summed E-state index contributed by atoms with van der Waals surface area (Å²) in [4.78, 5) is 0. The quantitative estimate of drug-likeness (QED) is 0.860. The Morgan fingerprint density at radius 3 is 2.95 bits per heavy atom. The van der Waals surface area contributed by atoms with Crippen molar-refractivity contribution in [2.24, 2.45) is 0 Å². The SMILES string of the molecule is CCNC(C)c1nnc(Nc2cc(Cl)ccc2Br)o1. The number of hydrogen-bond acceptors (Lipinski definition) is 5. The highest BCUT2D eigenvalue weighted by Crippen LogP contribution is 2.28. The number of halogens is 2. The second-order valence-corrected chi connectivity index (χ2v) is 5.26. The standard InChI is InChI=1S/C12H14BrClN4O/c1-3-15-7(2)11-17-18-12(19-11)16-10-6-8(14)4-5-9(10)13/h4-7,15H,3H2,1-2H3,(H,16,18). The van der Waals surface area contributed by atoms with E-state index in [9.17, 15) is 0 Å². The summed E-state index contributed by atoms with van der Waals surface area (Å²) in [7, 11) is 0. The fourth-order valence-corrected chi connectivity index (χ4v) is 2.08. The molecular weight excluding hydrogens is 332 g/mol. The van der Waals surface area contributed by atoms with Gasteiger partial charge in [-0.1, -0.05) is 23.6 Å². The molecule has 0 saturated heterocycles. The van der Waals surface area contributed by atoms with Crippen LogP contribution in [0, 0.1) is 0 Å². The molecule has 1 aromatic carbocycles. The lowest BCUT2D eigenvalue weighted by molar-refractivity contribution is 0.430. The van der Waals surface area contributed by atoms with Crippen LogP contribution in [0.25, 0.3) is 0 Å². The van der Waals surface area contributed by atoms with E-state index in [0.717, 1.165) is 16.7 Å². The van der Waals surface area contributed by atoms with E-state index in [1.54, 1.807) is 12.1 Å². The van der Waals surface area contributed by atoms with Crippen LogP contribution in [0.2, 0.25) is 5.02 Å². The molecule has 19 heavy (non-hydrogen) atoms. The predicted octanol–water partition coefficient (Wildman–Crippen LogP) is 3.90. The molecular formula is C12H14BrClN4O. The van der Waals surface area contributed by atoms with Crippen LogP contribution in [-0.4, -0.2) is 16.7 Å². The summed E-state index contributed by atoms with van der Waals surface area (Å²) >= 11 is 9.37. The van der Waals surface area contributed by atoms with Crippen LogP contribution in [0.1, 0.15) is 25.8 Å². The molecule has 0 bridgehead atoms. The van der Waals surface area contributed by atoms with Gasteiger partial charge in [0.15, 0.2) is 0 Å². The van der Waals surface area contributed by atoms with E-state index in [1.165, 1.54) is 0 Å². The van der Waals surface area contributed by atoms with Crippen molar-refractivity contribution in [1.29, 1.82) is 0 Å². The smallest absolute Gasteiger partial charge is 0.320 e. The normalized spacial score (nSPS) is 12.4. The summed E-state index contributed by atoms with van der Waals surface area (Å²) in [5.41, 5.74) is 0.777. The lowest BCUT2D eigenvalue weighted by Crippen LogP contribution is -2.17. The Balaban J connectivity index is 2.13. The second kappa shape index (κ2) is 6.36. The topological polar surface area (TPSA) is 63.0 Å². The number of aromatic nitrogens is 2. The van der Waals surface area contributed by atoms with Crippen LogP contribution >= 0.6 is 27.5 Å². The molecule has 1 heterocycles. The minimum atomic E-state index is 0.0239. The molecule has 7 heteroatoms. The minimum absolute atomic E-state index is 0.0239. The first-order valence-corrected chi connectivity index (χ1v) is 7.06. The molecule has 0 spiro atoms. The zero-order valence-electron chi connectivity index (χ0n) is 10.6. The van der Waals surface area contributed by atoms with Crippen molar-refractivity contribution in [3.8, 4) is 0 Å². The maximum absolute atomic E-state index is 5.94. The van der Waals surface area contributed by atoms with E-state index in [2.05, 4.69) is 36.8 Å². The van der Waals surface area contributed by atoms with E-state index in [1.807, 2.05) is 19.9 Å². The molecule has 0 fully saturated rings. The monoisotopic (exact) mass is 344 g/mol. The molecule has 0 saturated carbocycles. The van der Waals surface area contributed by atoms with Gasteiger partial charge in [0.1, 0.15) is 0 Å². The fraction of sp³-hybridized carbons (Fsp3) is 0.333. The Hall–Kier alpha value is -1.11. The summed E-state index contributed by atoms with van der Waals surface area (Å²) in [6, 6.07) is 5.79. The van der Waals surface area contributed by atoms with Gasteiger partial charge in [0, 0.05) is 9.50 Å². The van der Waals surface area contributed by atoms with Crippen LogP contribution in [0.3, 0.4) is 0 Å². The molecule has 1 unspecified atom stereocenters. The molecule has 0 aliphatic rings. The maximum Gasteiger partial charge on any atom is 0.320 e. The van der Waals surface area contributed by atoms with Gasteiger partial charge in [-0.2, -0.15) is 0 Å². The van der Waals surface area contributed by atoms with E-state index < -0.39 is 0 Å². The van der Waals surface area contributed by atoms with Gasteiger partial charge in [-0.15, -0.1) is 5.10 Å². The van der Waals surface area contributed by atoms with E-state index in [4.69, 9.17) is 16.0 Å². The van der Waals surface area contributed by atoms with E-state index in [0.29, 0.717) is 16.9 Å². The number of nitrogens with zero attached hydrogens (tertiary/aromatic N) is 2. The average molecular weight is 346 g/mol. The van der Waals surface area contributed by atoms with Crippen molar-refractivity contribution in [3.63, 3.8) is 0 Å². The highest BCUT2D eigenvalue weighted by molar-refractivity contribution is 9.10. The van der Waals surface area contributed by atoms with Crippen molar-refractivity contribution < 1.29 is 4.42 Å². The van der Waals surface area contributed by atoms with Crippen molar-refractivity contribution >= 4 is 39.2 Å². The summed E-state index contributed by atoms with van der Waals surface area (Å²) in [5.74, 6) is 0.544. The third-order valence-electron chi connectivity index (χ3n) is 2.49. The highest BCUT2D eigenvalue weighted by Gasteiger charge is 2.13. The van der Waals surface area contributed by atoms with Gasteiger partial charge < -0.3 is 15.1 Å². The lowest BCUT2D eigenvalue weighted by Gasteiger charge is -2.06. The molecule has 1 atom stereocenters. The predicted molar refractivity (Wildman–Crippen MR) is 78.8 cm³/mol. The van der Waals surface area contributed by atoms with Gasteiger partial charge in [-0.25, -0.2) is 0 Å². The summed E-state index contributed by atoms with van der Waals surface area (Å²) in [6.45, 7) is 4.83. The Kier molecular flexibility index (Phi) is 4.79. The van der Waals surface area contributed by atoms with Crippen LogP contribution in [0.5, 0.6) is 0 Å². The molecule has 2 rings (SSSR count). The first kappa shape index (κ1) is 14.3. The molecule has 0 amide bonds. The molecule has 2 N–H and O–H groups in total. The second-order valence-electron chi connectivity index (χ2n) is 3.97. The highest BCUT2D eigenvalue weighted by atomic mass is 79.9. The van der Waals surface area contributed by atoms with E-state index >= 15 is 0 Å². The van der Waals surface area contributed by atoms with Gasteiger partial charge >= 0.3 is 6.01 Å². The van der Waals surface area contributed by atoms with Crippen molar-refractivity contribution in [1.82, 2.24) is 15.5 Å². The van der Waals surface area contributed by atoms with Crippen LogP contribution in [0.4, 0.5) is 11.7 Å². The van der Waals surface area contributed by atoms with Gasteiger partial charge in [-0.05, 0) is 47.6 Å². The Bertz CT molecular complexity index is 560. The van der Waals surface area contributed by atoms with Gasteiger partial charge in [0.25, 0.3) is 0 Å². The summed E-state index contributed by atoms with van der Waals surface area (Å²) in [5, 5.41) is 14.8. The Morgan fingerprint density at radius 2 is 2.21 bits per heavy atom.